The number of benzene rings is 2. The Hall–Kier alpha value is -4.03. The molecule has 1 saturated carbocycles. The second-order valence-electron chi connectivity index (χ2n) is 10.2. The van der Waals surface area contributed by atoms with E-state index in [0.717, 1.165) is 28.3 Å². The zero-order valence-corrected chi connectivity index (χ0v) is 22.9. The second kappa shape index (κ2) is 11.1. The van der Waals surface area contributed by atoms with E-state index in [2.05, 4.69) is 15.0 Å². The number of hydrogen-bond donors (Lipinski definition) is 3. The van der Waals surface area contributed by atoms with Gasteiger partial charge in [-0.2, -0.15) is 13.2 Å². The van der Waals surface area contributed by atoms with Gasteiger partial charge >= 0.3 is 6.18 Å². The topological polar surface area (TPSA) is 125 Å². The maximum Gasteiger partial charge on any atom is 0.433 e. The number of thiazole rings is 1. The number of phenolic OH excluding ortho intramolecular Hbond substituents is 1. The van der Waals surface area contributed by atoms with E-state index in [9.17, 15) is 28.2 Å². The number of anilines is 2. The number of rotatable bonds is 7. The van der Waals surface area contributed by atoms with Crippen LogP contribution in [0.1, 0.15) is 47.5 Å². The van der Waals surface area contributed by atoms with Crippen molar-refractivity contribution in [2.75, 3.05) is 4.90 Å². The fourth-order valence-corrected chi connectivity index (χ4v) is 6.06. The van der Waals surface area contributed by atoms with E-state index < -0.39 is 17.5 Å². The highest BCUT2D eigenvalue weighted by molar-refractivity contribution is 7.15. The average molecular weight is 584 g/mol. The van der Waals surface area contributed by atoms with Gasteiger partial charge in [-0.05, 0) is 68.0 Å². The first-order valence-electron chi connectivity index (χ1n) is 13.0. The van der Waals surface area contributed by atoms with Crippen LogP contribution in [-0.4, -0.2) is 31.1 Å². The number of para-hydroxylation sites is 1. The summed E-state index contributed by atoms with van der Waals surface area (Å²) in [4.78, 5) is 26.3. The van der Waals surface area contributed by atoms with Crippen molar-refractivity contribution in [2.24, 2.45) is 11.7 Å². The molecule has 1 aliphatic rings. The minimum Gasteiger partial charge on any atom is -0.508 e. The molecule has 1 amide bonds. The first-order valence-corrected chi connectivity index (χ1v) is 13.8. The molecule has 2 heterocycles. The van der Waals surface area contributed by atoms with Gasteiger partial charge in [-0.15, -0.1) is 11.3 Å². The predicted molar refractivity (Wildman–Crippen MR) is 148 cm³/mol. The SMILES string of the molecule is Cc1cc(-c2cnc(C3(O)CCC(C(N)=O)CC3)s2)cc(N(Cc2ccccc2O)c2nccc(C(F)(F)F)n2)c1. The van der Waals surface area contributed by atoms with Gasteiger partial charge < -0.3 is 20.8 Å². The van der Waals surface area contributed by atoms with Gasteiger partial charge in [0.05, 0.1) is 11.4 Å². The number of primary amides is 1. The maximum absolute atomic E-state index is 13.5. The molecule has 1 aliphatic carbocycles. The number of amides is 1. The van der Waals surface area contributed by atoms with Gasteiger partial charge in [-0.3, -0.25) is 4.79 Å². The fourth-order valence-electron chi connectivity index (χ4n) is 5.01. The number of nitrogens with two attached hydrogens (primary N) is 1. The summed E-state index contributed by atoms with van der Waals surface area (Å²) in [6.45, 7) is 1.87. The number of phenols is 1. The number of aryl methyl sites for hydroxylation is 1. The van der Waals surface area contributed by atoms with Crippen molar-refractivity contribution in [1.82, 2.24) is 15.0 Å². The molecule has 0 radical (unpaired) electrons. The van der Waals surface area contributed by atoms with Gasteiger partial charge in [0.1, 0.15) is 22.1 Å². The Balaban J connectivity index is 1.52. The third-order valence-electron chi connectivity index (χ3n) is 7.27. The van der Waals surface area contributed by atoms with Gasteiger partial charge in [0.15, 0.2) is 0 Å². The summed E-state index contributed by atoms with van der Waals surface area (Å²) < 4.78 is 40.6. The van der Waals surface area contributed by atoms with Gasteiger partial charge in [0, 0.05) is 29.6 Å². The fraction of sp³-hybridized carbons (Fsp3) is 0.310. The Labute approximate surface area is 238 Å². The van der Waals surface area contributed by atoms with Crippen molar-refractivity contribution in [3.05, 3.63) is 82.8 Å². The molecule has 0 aliphatic heterocycles. The Bertz CT molecular complexity index is 1570. The van der Waals surface area contributed by atoms with Crippen LogP contribution >= 0.6 is 11.3 Å². The lowest BCUT2D eigenvalue weighted by Crippen LogP contribution is -2.35. The van der Waals surface area contributed by atoms with Crippen LogP contribution in [0, 0.1) is 12.8 Å². The molecule has 1 fully saturated rings. The standard InChI is InChI=1S/C29H28F3N5O3S/c1-17-12-20(23-15-35-26(41-23)28(40)9-6-18(7-10-28)25(33)39)14-21(13-17)37(16-19-4-2-3-5-22(19)38)27-34-11-8-24(36-27)29(30,31)32/h2-5,8,11-15,18,38,40H,6-7,9-10,16H2,1H3,(H2,33,39). The molecular formula is C29H28F3N5O3S. The van der Waals surface area contributed by atoms with E-state index in [1.807, 2.05) is 13.0 Å². The van der Waals surface area contributed by atoms with Crippen LogP contribution in [0.2, 0.25) is 0 Å². The smallest absolute Gasteiger partial charge is 0.433 e. The summed E-state index contributed by atoms with van der Waals surface area (Å²) in [5, 5.41) is 22.2. The Morgan fingerprint density at radius 3 is 2.56 bits per heavy atom. The molecule has 214 valence electrons. The van der Waals surface area contributed by atoms with Crippen molar-refractivity contribution >= 4 is 28.9 Å². The predicted octanol–water partition coefficient (Wildman–Crippen LogP) is 5.83. The molecule has 41 heavy (non-hydrogen) atoms. The highest BCUT2D eigenvalue weighted by atomic mass is 32.1. The molecule has 8 nitrogen and oxygen atoms in total. The lowest BCUT2D eigenvalue weighted by atomic mass is 9.79. The van der Waals surface area contributed by atoms with Gasteiger partial charge in [0.25, 0.3) is 0 Å². The number of carbonyl (C=O) groups is 1. The minimum absolute atomic E-state index is 0.00555. The number of nitrogens with zero attached hydrogens (tertiary/aromatic N) is 4. The van der Waals surface area contributed by atoms with Crippen LogP contribution < -0.4 is 10.6 Å². The molecule has 0 saturated heterocycles. The third kappa shape index (κ3) is 6.18. The largest absolute Gasteiger partial charge is 0.508 e. The third-order valence-corrected chi connectivity index (χ3v) is 8.51. The zero-order valence-electron chi connectivity index (χ0n) is 22.1. The minimum atomic E-state index is -4.66. The van der Waals surface area contributed by atoms with Crippen LogP contribution in [0.15, 0.2) is 60.9 Å². The summed E-state index contributed by atoms with van der Waals surface area (Å²) in [6.07, 6.45) is -0.248. The van der Waals surface area contributed by atoms with Crippen molar-refractivity contribution in [3.8, 4) is 16.2 Å². The monoisotopic (exact) mass is 583 g/mol. The summed E-state index contributed by atoms with van der Waals surface area (Å²) in [6, 6.07) is 12.9. The van der Waals surface area contributed by atoms with Gasteiger partial charge in [-0.25, -0.2) is 15.0 Å². The van der Waals surface area contributed by atoms with Crippen LogP contribution in [0.25, 0.3) is 10.4 Å². The van der Waals surface area contributed by atoms with Gasteiger partial charge in [-0.1, -0.05) is 24.3 Å². The van der Waals surface area contributed by atoms with E-state index in [1.54, 1.807) is 36.5 Å². The van der Waals surface area contributed by atoms with Crippen LogP contribution in [0.3, 0.4) is 0 Å². The van der Waals surface area contributed by atoms with Gasteiger partial charge in [0.2, 0.25) is 11.9 Å². The molecule has 5 rings (SSSR count). The lowest BCUT2D eigenvalue weighted by molar-refractivity contribution is -0.141. The number of alkyl halides is 3. The molecule has 0 spiro atoms. The maximum atomic E-state index is 13.5. The van der Waals surface area contributed by atoms with Crippen LogP contribution in [0.5, 0.6) is 5.75 Å². The number of aromatic nitrogens is 3. The number of aromatic hydroxyl groups is 1. The number of aliphatic hydroxyl groups is 1. The van der Waals surface area contributed by atoms with Crippen molar-refractivity contribution in [3.63, 3.8) is 0 Å². The molecular weight excluding hydrogens is 555 g/mol. The summed E-state index contributed by atoms with van der Waals surface area (Å²) >= 11 is 1.32. The van der Waals surface area contributed by atoms with E-state index >= 15 is 0 Å². The summed E-state index contributed by atoms with van der Waals surface area (Å²) in [5.41, 5.74) is 5.75. The van der Waals surface area contributed by atoms with E-state index in [-0.39, 0.29) is 30.1 Å². The Kier molecular flexibility index (Phi) is 7.71. The van der Waals surface area contributed by atoms with Crippen LogP contribution in [-0.2, 0) is 23.1 Å². The summed E-state index contributed by atoms with van der Waals surface area (Å²) in [7, 11) is 0. The number of carbonyl (C=O) groups excluding carboxylic acids is 1. The first kappa shape index (κ1) is 28.5. The number of halogens is 3. The highest BCUT2D eigenvalue weighted by Crippen LogP contribution is 2.43. The molecule has 0 bridgehead atoms. The lowest BCUT2D eigenvalue weighted by Gasteiger charge is -2.33. The molecule has 2 aromatic heterocycles. The van der Waals surface area contributed by atoms with Crippen LogP contribution in [0.4, 0.5) is 24.8 Å². The molecule has 2 aromatic carbocycles. The normalized spacial score (nSPS) is 19.2. The van der Waals surface area contributed by atoms with Crippen molar-refractivity contribution in [2.45, 2.75) is 50.9 Å². The quantitative estimate of drug-likeness (QED) is 0.250. The average Bonchev–Trinajstić information content (AvgIpc) is 3.44. The molecule has 12 heteroatoms. The Morgan fingerprint density at radius 2 is 1.88 bits per heavy atom. The molecule has 0 unspecified atom stereocenters. The van der Waals surface area contributed by atoms with E-state index in [1.165, 1.54) is 22.3 Å². The van der Waals surface area contributed by atoms with Crippen molar-refractivity contribution in [1.29, 1.82) is 0 Å². The number of hydrogen-bond acceptors (Lipinski definition) is 8. The molecule has 4 aromatic rings. The Morgan fingerprint density at radius 1 is 1.15 bits per heavy atom. The van der Waals surface area contributed by atoms with Crippen molar-refractivity contribution < 1.29 is 28.2 Å². The molecule has 0 atom stereocenters. The summed E-state index contributed by atoms with van der Waals surface area (Å²) in [5.74, 6) is -0.812. The van der Waals surface area contributed by atoms with E-state index in [0.29, 0.717) is 41.9 Å². The highest BCUT2D eigenvalue weighted by Gasteiger charge is 2.39. The first-order chi connectivity index (χ1) is 19.4. The second-order valence-corrected chi connectivity index (χ2v) is 11.3. The van der Waals surface area contributed by atoms with E-state index in [4.69, 9.17) is 5.73 Å². The molecule has 4 N–H and O–H groups in total. The zero-order chi connectivity index (χ0) is 29.4.